The molecule has 1 aliphatic carbocycles. The summed E-state index contributed by atoms with van der Waals surface area (Å²) in [6.07, 6.45) is 4.91. The highest BCUT2D eigenvalue weighted by Gasteiger charge is 2.81. The average molecular weight is 657 g/mol. The van der Waals surface area contributed by atoms with Gasteiger partial charge in [0.15, 0.2) is 11.2 Å². The number of aromatic nitrogens is 4. The van der Waals surface area contributed by atoms with Crippen molar-refractivity contribution in [2.75, 3.05) is 12.5 Å². The predicted molar refractivity (Wildman–Crippen MR) is 176 cm³/mol. The van der Waals surface area contributed by atoms with E-state index in [1.54, 1.807) is 10.7 Å². The van der Waals surface area contributed by atoms with Crippen LogP contribution in [0.3, 0.4) is 0 Å². The number of benzene rings is 3. The molecule has 1 spiro atoms. The molecular weight excluding hydrogens is 621 g/mol. The second-order valence-corrected chi connectivity index (χ2v) is 13.3. The first-order valence-electron chi connectivity index (χ1n) is 15.2. The van der Waals surface area contributed by atoms with E-state index in [-0.39, 0.29) is 12.7 Å². The van der Waals surface area contributed by atoms with E-state index in [2.05, 4.69) is 9.97 Å². The van der Waals surface area contributed by atoms with Gasteiger partial charge in [-0.1, -0.05) is 103 Å². The molecule has 1 saturated carbocycles. The van der Waals surface area contributed by atoms with Crippen LogP contribution in [0.15, 0.2) is 107 Å². The highest BCUT2D eigenvalue weighted by molar-refractivity contribution is 7.99. The average Bonchev–Trinajstić information content (AvgIpc) is 3.52. The van der Waals surface area contributed by atoms with E-state index in [0.29, 0.717) is 41.2 Å². The molecule has 0 amide bonds. The topological polar surface area (TPSA) is 100 Å². The van der Waals surface area contributed by atoms with Crippen molar-refractivity contribution >= 4 is 29.2 Å². The third-order valence-corrected chi connectivity index (χ3v) is 10.0. The number of hydrogen-bond acceptors (Lipinski definition) is 10. The Morgan fingerprint density at radius 3 is 2.02 bits per heavy atom. The summed E-state index contributed by atoms with van der Waals surface area (Å²) in [7, 11) is 0. The van der Waals surface area contributed by atoms with E-state index in [9.17, 15) is 5.11 Å². The quantitative estimate of drug-likeness (QED) is 0.160. The fourth-order valence-corrected chi connectivity index (χ4v) is 7.20. The minimum Gasteiger partial charge on any atom is -0.370 e. The lowest BCUT2D eigenvalue weighted by atomic mass is 9.86. The van der Waals surface area contributed by atoms with Crippen LogP contribution in [0.1, 0.15) is 35.7 Å². The maximum absolute atomic E-state index is 13.0. The number of hydrogen-bond donors (Lipinski definition) is 1. The molecule has 2 unspecified atom stereocenters. The van der Waals surface area contributed by atoms with Crippen molar-refractivity contribution < 1.29 is 24.1 Å². The molecule has 238 valence electrons. The van der Waals surface area contributed by atoms with Crippen molar-refractivity contribution in [2.24, 2.45) is 0 Å². The van der Waals surface area contributed by atoms with Gasteiger partial charge in [-0.3, -0.25) is 0 Å². The zero-order chi connectivity index (χ0) is 31.8. The van der Waals surface area contributed by atoms with Crippen LogP contribution >= 0.6 is 23.5 Å². The van der Waals surface area contributed by atoms with Crippen molar-refractivity contribution in [1.29, 1.82) is 0 Å². The van der Waals surface area contributed by atoms with Gasteiger partial charge < -0.3 is 24.1 Å². The maximum atomic E-state index is 13.0. The molecule has 2 aromatic heterocycles. The summed E-state index contributed by atoms with van der Waals surface area (Å²) in [5.41, 5.74) is 1.46. The van der Waals surface area contributed by atoms with Crippen LogP contribution in [-0.4, -0.2) is 60.6 Å². The molecule has 11 heteroatoms. The molecule has 9 nitrogen and oxygen atoms in total. The molecule has 2 fully saturated rings. The van der Waals surface area contributed by atoms with Crippen molar-refractivity contribution in [2.45, 2.75) is 72.5 Å². The Morgan fingerprint density at radius 2 is 1.43 bits per heavy atom. The molecular formula is C35H36N4O5S2. The zero-order valence-corrected chi connectivity index (χ0v) is 27.5. The van der Waals surface area contributed by atoms with E-state index >= 15 is 0 Å². The van der Waals surface area contributed by atoms with Gasteiger partial charge in [-0.05, 0) is 36.1 Å². The first-order chi connectivity index (χ1) is 22.4. The highest BCUT2D eigenvalue weighted by Crippen LogP contribution is 2.63. The van der Waals surface area contributed by atoms with Gasteiger partial charge in [-0.25, -0.2) is 14.5 Å². The summed E-state index contributed by atoms with van der Waals surface area (Å²) in [5.74, 6) is -2.02. The van der Waals surface area contributed by atoms with E-state index < -0.39 is 23.1 Å². The fourth-order valence-electron chi connectivity index (χ4n) is 6.29. The normalized spacial score (nSPS) is 27.0. The van der Waals surface area contributed by atoms with Gasteiger partial charge in [0.25, 0.3) is 0 Å². The van der Waals surface area contributed by atoms with Crippen LogP contribution in [0.4, 0.5) is 0 Å². The molecule has 0 bridgehead atoms. The minimum absolute atomic E-state index is 0.220. The van der Waals surface area contributed by atoms with Gasteiger partial charge >= 0.3 is 0 Å². The van der Waals surface area contributed by atoms with E-state index in [4.69, 9.17) is 24.0 Å². The lowest BCUT2D eigenvalue weighted by molar-refractivity contribution is -0.296. The predicted octanol–water partition coefficient (Wildman–Crippen LogP) is 6.03. The molecule has 2 aliphatic rings. The van der Waals surface area contributed by atoms with Crippen molar-refractivity contribution in [3.05, 3.63) is 120 Å². The van der Waals surface area contributed by atoms with Crippen molar-refractivity contribution in [3.63, 3.8) is 0 Å². The van der Waals surface area contributed by atoms with E-state index in [1.165, 1.54) is 23.5 Å². The van der Waals surface area contributed by atoms with Crippen molar-refractivity contribution in [3.8, 4) is 0 Å². The lowest BCUT2D eigenvalue weighted by Crippen LogP contribution is -2.56. The lowest BCUT2D eigenvalue weighted by Gasteiger charge is -2.39. The first kappa shape index (κ1) is 31.3. The smallest absolute Gasteiger partial charge is 0.244 e. The Hall–Kier alpha value is -3.29. The molecule has 1 aliphatic heterocycles. The third kappa shape index (κ3) is 5.53. The molecule has 3 aromatic carbocycles. The monoisotopic (exact) mass is 656 g/mol. The van der Waals surface area contributed by atoms with Crippen LogP contribution in [-0.2, 0) is 44.6 Å². The number of fused-ring (bicyclic) bond motifs is 1. The summed E-state index contributed by atoms with van der Waals surface area (Å²) in [6.45, 7) is 2.78. The molecule has 1 saturated heterocycles. The van der Waals surface area contributed by atoms with Gasteiger partial charge in [-0.2, -0.15) is 0 Å². The molecule has 1 N–H and O–H groups in total. The number of nitrogens with zero attached hydrogens (tertiary/aromatic N) is 4. The summed E-state index contributed by atoms with van der Waals surface area (Å²) >= 11 is 2.88. The third-order valence-electron chi connectivity index (χ3n) is 8.81. The second kappa shape index (κ2) is 12.7. The SMILES string of the molecule is CSc1nc(SC)c2ncc(C3(O)OC4(C[C@H]4OCc4ccccc4)[C@@H](OCc4ccccc4)[C@@]3(C)OCc3ccccc3)n2n1. The van der Waals surface area contributed by atoms with Gasteiger partial charge in [-0.15, -0.1) is 16.9 Å². The fraction of sp³-hybridized carbons (Fsp3) is 0.343. The number of aliphatic hydroxyl groups is 1. The Labute approximate surface area is 276 Å². The first-order valence-corrected chi connectivity index (χ1v) is 17.6. The van der Waals surface area contributed by atoms with Crippen LogP contribution < -0.4 is 0 Å². The zero-order valence-electron chi connectivity index (χ0n) is 25.9. The van der Waals surface area contributed by atoms with E-state index in [0.717, 1.165) is 16.7 Å². The molecule has 5 atom stereocenters. The van der Waals surface area contributed by atoms with Gasteiger partial charge in [0, 0.05) is 6.42 Å². The summed E-state index contributed by atoms with van der Waals surface area (Å²) in [5, 5.41) is 19.0. The molecule has 3 heterocycles. The van der Waals surface area contributed by atoms with Crippen LogP contribution in [0, 0.1) is 0 Å². The second-order valence-electron chi connectivity index (χ2n) is 11.7. The number of ether oxygens (including phenoxy) is 4. The molecule has 46 heavy (non-hydrogen) atoms. The standard InChI is InChI=1S/C35H36N4O5S2/c1-33(43-23-26-17-11-6-12-18-26)31(42-22-25-15-9-5-10-16-25)34(19-28(34)41-21-24-13-7-4-8-14-24)44-35(33,40)27-20-36-29-30(45-2)37-32(46-3)38-39(27)29/h4-18,20,28,31,40H,19,21-23H2,1-3H3/t28-,31+,33-,34?,35?/m1/s1. The van der Waals surface area contributed by atoms with Gasteiger partial charge in [0.1, 0.15) is 22.4 Å². The maximum Gasteiger partial charge on any atom is 0.244 e. The number of imidazole rings is 1. The number of thioether (sulfide) groups is 2. The van der Waals surface area contributed by atoms with Crippen molar-refractivity contribution in [1.82, 2.24) is 19.6 Å². The highest BCUT2D eigenvalue weighted by atomic mass is 32.2. The van der Waals surface area contributed by atoms with Crippen LogP contribution in [0.25, 0.3) is 5.65 Å². The minimum atomic E-state index is -2.02. The Kier molecular flexibility index (Phi) is 8.66. The summed E-state index contributed by atoms with van der Waals surface area (Å²) in [6, 6.07) is 29.9. The van der Waals surface area contributed by atoms with Crippen LogP contribution in [0.2, 0.25) is 0 Å². The van der Waals surface area contributed by atoms with Crippen LogP contribution in [0.5, 0.6) is 0 Å². The summed E-state index contributed by atoms with van der Waals surface area (Å²) < 4.78 is 28.6. The Balaban J connectivity index is 1.32. The molecule has 7 rings (SSSR count). The van der Waals surface area contributed by atoms with E-state index in [1.807, 2.05) is 110 Å². The summed E-state index contributed by atoms with van der Waals surface area (Å²) in [4.78, 5) is 9.29. The molecule has 0 radical (unpaired) electrons. The molecule has 5 aromatic rings. The van der Waals surface area contributed by atoms with Gasteiger partial charge in [0.05, 0.1) is 32.1 Å². The largest absolute Gasteiger partial charge is 0.370 e. The number of rotatable bonds is 12. The Bertz CT molecular complexity index is 1800. The van der Waals surface area contributed by atoms with Gasteiger partial charge in [0.2, 0.25) is 10.9 Å². The Morgan fingerprint density at radius 1 is 0.848 bits per heavy atom.